The fraction of sp³-hybridized carbons (Fsp3) is 0.150. The van der Waals surface area contributed by atoms with Crippen LogP contribution in [0.3, 0.4) is 0 Å². The average molecular weight is 358 g/mol. The second kappa shape index (κ2) is 7.58. The molecule has 6 heteroatoms. The number of benzene rings is 3. The van der Waals surface area contributed by atoms with Crippen LogP contribution in [0.2, 0.25) is 0 Å². The summed E-state index contributed by atoms with van der Waals surface area (Å²) < 4.78 is 40.4. The van der Waals surface area contributed by atoms with E-state index in [1.165, 1.54) is 18.3 Å². The first-order valence-electron chi connectivity index (χ1n) is 8.03. The summed E-state index contributed by atoms with van der Waals surface area (Å²) in [5.74, 6) is -0.227. The number of fused-ring (bicyclic) bond motifs is 1. The number of nitrogens with one attached hydrogen (secondary N) is 2. The predicted molar refractivity (Wildman–Crippen MR) is 95.5 cm³/mol. The minimum Gasteiger partial charge on any atom is -0.406 e. The molecule has 0 atom stereocenters. The summed E-state index contributed by atoms with van der Waals surface area (Å²) in [6.45, 7) is 1.13. The molecule has 0 amide bonds. The highest BCUT2D eigenvalue weighted by molar-refractivity contribution is 6.00. The van der Waals surface area contributed by atoms with Crippen molar-refractivity contribution in [3.8, 4) is 5.75 Å². The number of hydrogen-bond donors (Lipinski definition) is 2. The van der Waals surface area contributed by atoms with Gasteiger partial charge in [0, 0.05) is 19.3 Å². The van der Waals surface area contributed by atoms with Crippen LogP contribution in [0.25, 0.3) is 10.8 Å². The Bertz CT molecular complexity index is 905. The number of rotatable bonds is 6. The van der Waals surface area contributed by atoms with E-state index < -0.39 is 6.36 Å². The maximum absolute atomic E-state index is 12.2. The predicted octanol–water partition coefficient (Wildman–Crippen LogP) is 5.03. The van der Waals surface area contributed by atoms with Gasteiger partial charge in [0.1, 0.15) is 5.75 Å². The first-order valence-corrected chi connectivity index (χ1v) is 8.03. The van der Waals surface area contributed by atoms with E-state index in [0.717, 1.165) is 27.5 Å². The van der Waals surface area contributed by atoms with Crippen molar-refractivity contribution in [3.63, 3.8) is 0 Å². The normalized spacial score (nSPS) is 11.5. The van der Waals surface area contributed by atoms with Gasteiger partial charge in [-0.15, -0.1) is 13.2 Å². The fourth-order valence-electron chi connectivity index (χ4n) is 2.82. The molecule has 0 aliphatic heterocycles. The second-order valence-electron chi connectivity index (χ2n) is 5.80. The summed E-state index contributed by atoms with van der Waals surface area (Å²) >= 11 is 0. The Morgan fingerprint density at radius 3 is 2.23 bits per heavy atom. The number of alkyl halides is 3. The molecule has 0 fully saturated rings. The Labute approximate surface area is 148 Å². The molecule has 0 unspecified atom stereocenters. The first-order chi connectivity index (χ1) is 12.5. The monoisotopic (exact) mass is 358 g/mol. The van der Waals surface area contributed by atoms with Crippen LogP contribution in [0.15, 0.2) is 60.7 Å². The van der Waals surface area contributed by atoms with Gasteiger partial charge in [-0.2, -0.15) is 0 Å². The lowest BCUT2D eigenvalue weighted by atomic mass is 10.00. The van der Waals surface area contributed by atoms with Crippen molar-refractivity contribution >= 4 is 17.0 Å². The van der Waals surface area contributed by atoms with Gasteiger partial charge in [0.2, 0.25) is 0 Å². The highest BCUT2D eigenvalue weighted by atomic mass is 19.4. The van der Waals surface area contributed by atoms with E-state index in [1.807, 2.05) is 36.4 Å². The van der Waals surface area contributed by atoms with Crippen molar-refractivity contribution in [2.24, 2.45) is 0 Å². The Balaban J connectivity index is 1.65. The summed E-state index contributed by atoms with van der Waals surface area (Å²) in [6, 6.07) is 17.6. The van der Waals surface area contributed by atoms with Crippen LogP contribution >= 0.6 is 0 Å². The van der Waals surface area contributed by atoms with Crippen LogP contribution in [0, 0.1) is 5.41 Å². The van der Waals surface area contributed by atoms with Gasteiger partial charge in [-0.05, 0) is 39.6 Å². The zero-order valence-electron chi connectivity index (χ0n) is 13.8. The van der Waals surface area contributed by atoms with Gasteiger partial charge in [-0.1, -0.05) is 48.5 Å². The topological polar surface area (TPSA) is 45.1 Å². The molecule has 3 aromatic rings. The second-order valence-corrected chi connectivity index (χ2v) is 5.80. The molecule has 26 heavy (non-hydrogen) atoms. The minimum atomic E-state index is -4.68. The summed E-state index contributed by atoms with van der Waals surface area (Å²) in [7, 11) is 0. The maximum Gasteiger partial charge on any atom is 0.573 e. The molecule has 2 N–H and O–H groups in total. The number of hydrogen-bond acceptors (Lipinski definition) is 3. The lowest BCUT2D eigenvalue weighted by Gasteiger charge is -2.11. The van der Waals surface area contributed by atoms with E-state index in [4.69, 9.17) is 5.41 Å². The molecule has 0 saturated heterocycles. The van der Waals surface area contributed by atoms with E-state index in [9.17, 15) is 13.2 Å². The summed E-state index contributed by atoms with van der Waals surface area (Å²) in [5.41, 5.74) is 2.83. The average Bonchev–Trinajstić information content (AvgIpc) is 2.62. The number of ether oxygens (including phenoxy) is 1. The van der Waals surface area contributed by atoms with Gasteiger partial charge >= 0.3 is 6.36 Å². The molecule has 0 saturated carbocycles. The van der Waals surface area contributed by atoms with Crippen LogP contribution in [-0.4, -0.2) is 12.6 Å². The third kappa shape index (κ3) is 4.40. The molecule has 0 aromatic heterocycles. The maximum atomic E-state index is 12.2. The van der Waals surface area contributed by atoms with Crippen LogP contribution in [0.1, 0.15) is 16.7 Å². The Hall–Kier alpha value is -2.86. The van der Waals surface area contributed by atoms with Crippen LogP contribution in [0.4, 0.5) is 13.2 Å². The quantitative estimate of drug-likeness (QED) is 0.607. The van der Waals surface area contributed by atoms with Crippen molar-refractivity contribution in [2.75, 3.05) is 0 Å². The van der Waals surface area contributed by atoms with E-state index in [2.05, 4.69) is 10.1 Å². The van der Waals surface area contributed by atoms with Gasteiger partial charge in [-0.3, -0.25) is 0 Å². The molecule has 0 aliphatic rings. The van der Waals surface area contributed by atoms with Crippen LogP contribution in [0.5, 0.6) is 5.75 Å². The van der Waals surface area contributed by atoms with E-state index >= 15 is 0 Å². The molecule has 0 bridgehead atoms. The standard InChI is InChI=1S/C20H17F3N2O/c21-20(22,23)26-17-9-5-14(6-10-17)12-25-13-16-8-7-15(11-24)18-3-1-2-4-19(16)18/h1-11,24-25H,12-13H2. The van der Waals surface area contributed by atoms with Gasteiger partial charge in [0.25, 0.3) is 0 Å². The van der Waals surface area contributed by atoms with Crippen molar-refractivity contribution in [3.05, 3.63) is 77.4 Å². The van der Waals surface area contributed by atoms with Crippen molar-refractivity contribution < 1.29 is 17.9 Å². The summed E-state index contributed by atoms with van der Waals surface area (Å²) in [4.78, 5) is 0. The van der Waals surface area contributed by atoms with E-state index in [-0.39, 0.29) is 5.75 Å². The minimum absolute atomic E-state index is 0.227. The fourth-order valence-corrected chi connectivity index (χ4v) is 2.82. The Morgan fingerprint density at radius 2 is 1.58 bits per heavy atom. The molecule has 0 aliphatic carbocycles. The van der Waals surface area contributed by atoms with Gasteiger partial charge in [-0.25, -0.2) is 0 Å². The molecular weight excluding hydrogens is 341 g/mol. The lowest BCUT2D eigenvalue weighted by molar-refractivity contribution is -0.274. The van der Waals surface area contributed by atoms with Crippen molar-refractivity contribution in [1.29, 1.82) is 5.41 Å². The molecule has 0 spiro atoms. The van der Waals surface area contributed by atoms with Gasteiger partial charge in [0.05, 0.1) is 0 Å². The SMILES string of the molecule is N=Cc1ccc(CNCc2ccc(OC(F)(F)F)cc2)c2ccccc12. The third-order valence-electron chi connectivity index (χ3n) is 4.01. The highest BCUT2D eigenvalue weighted by Gasteiger charge is 2.30. The molecule has 3 rings (SSSR count). The Morgan fingerprint density at radius 1 is 0.885 bits per heavy atom. The zero-order valence-corrected chi connectivity index (χ0v) is 13.8. The van der Waals surface area contributed by atoms with Gasteiger partial charge in [0.15, 0.2) is 0 Å². The largest absolute Gasteiger partial charge is 0.573 e. The highest BCUT2D eigenvalue weighted by Crippen LogP contribution is 2.23. The van der Waals surface area contributed by atoms with Crippen LogP contribution in [-0.2, 0) is 13.1 Å². The zero-order chi connectivity index (χ0) is 18.6. The Kier molecular flexibility index (Phi) is 5.23. The molecular formula is C20H17F3N2O. The van der Waals surface area contributed by atoms with Crippen molar-refractivity contribution in [2.45, 2.75) is 19.5 Å². The molecule has 0 radical (unpaired) electrons. The first kappa shape index (κ1) is 17.9. The molecule has 3 nitrogen and oxygen atoms in total. The molecule has 3 aromatic carbocycles. The smallest absolute Gasteiger partial charge is 0.406 e. The lowest BCUT2D eigenvalue weighted by Crippen LogP contribution is -2.17. The van der Waals surface area contributed by atoms with Gasteiger partial charge < -0.3 is 15.5 Å². The van der Waals surface area contributed by atoms with Crippen LogP contribution < -0.4 is 10.1 Å². The molecule has 134 valence electrons. The van der Waals surface area contributed by atoms with Crippen molar-refractivity contribution in [1.82, 2.24) is 5.32 Å². The summed E-state index contributed by atoms with van der Waals surface area (Å²) in [5, 5.41) is 12.9. The van der Waals surface area contributed by atoms with E-state index in [1.54, 1.807) is 12.1 Å². The molecule has 0 heterocycles. The van der Waals surface area contributed by atoms with E-state index in [0.29, 0.717) is 13.1 Å². The third-order valence-corrected chi connectivity index (χ3v) is 4.01. The summed E-state index contributed by atoms with van der Waals surface area (Å²) in [6.07, 6.45) is -3.34. The number of halogens is 3.